The number of benzene rings is 2. The van der Waals surface area contributed by atoms with Crippen molar-refractivity contribution in [2.24, 2.45) is 0 Å². The molecule has 17 nitrogen and oxygen atoms in total. The van der Waals surface area contributed by atoms with E-state index in [1.807, 2.05) is 12.1 Å². The average molecular weight is 770 g/mol. The van der Waals surface area contributed by atoms with Gasteiger partial charge < -0.3 is 39.4 Å². The first-order valence-corrected chi connectivity index (χ1v) is 19.1. The molecule has 1 saturated heterocycles. The highest BCUT2D eigenvalue weighted by molar-refractivity contribution is 7.54. The molecule has 5 rings (SSSR count). The third kappa shape index (κ3) is 9.78. The van der Waals surface area contributed by atoms with Gasteiger partial charge >= 0.3 is 19.6 Å². The summed E-state index contributed by atoms with van der Waals surface area (Å²) in [4.78, 5) is 39.6. The molecule has 3 heterocycles. The van der Waals surface area contributed by atoms with E-state index < -0.39 is 74.5 Å². The molecule has 3 unspecified atom stereocenters. The molecule has 2 aromatic heterocycles. The Morgan fingerprint density at radius 3 is 1.94 bits per heavy atom. The maximum atomic E-state index is 15.1. The number of nitrogens with zero attached hydrogens (tertiary/aromatic N) is 4. The van der Waals surface area contributed by atoms with Crippen molar-refractivity contribution in [1.82, 2.24) is 29.7 Å². The Balaban J connectivity index is 1.48. The number of anilines is 1. The van der Waals surface area contributed by atoms with Crippen LogP contribution in [0, 0.1) is 0 Å². The summed E-state index contributed by atoms with van der Waals surface area (Å²) in [5.41, 5.74) is 5.77. The van der Waals surface area contributed by atoms with E-state index in [2.05, 4.69) is 25.1 Å². The molecule has 54 heavy (non-hydrogen) atoms. The zero-order chi connectivity index (χ0) is 39.2. The van der Waals surface area contributed by atoms with Crippen LogP contribution in [-0.2, 0) is 45.7 Å². The summed E-state index contributed by atoms with van der Waals surface area (Å²) in [6.45, 7) is 7.50. The monoisotopic (exact) mass is 769 g/mol. The van der Waals surface area contributed by atoms with Gasteiger partial charge in [0, 0.05) is 0 Å². The Morgan fingerprint density at radius 2 is 1.46 bits per heavy atom. The minimum atomic E-state index is -4.50. The van der Waals surface area contributed by atoms with Crippen LogP contribution in [0.4, 0.5) is 5.95 Å². The van der Waals surface area contributed by atoms with Gasteiger partial charge in [-0.15, -0.1) is 0 Å². The second-order valence-corrected chi connectivity index (χ2v) is 15.6. The summed E-state index contributed by atoms with van der Waals surface area (Å²) in [5, 5.41) is 28.6. The number of rotatable bonds is 17. The quantitative estimate of drug-likeness (QED) is 0.0768. The third-order valence-electron chi connectivity index (χ3n) is 8.52. The van der Waals surface area contributed by atoms with E-state index >= 15 is 4.57 Å². The molecule has 2 aromatic carbocycles. The second kappa shape index (κ2) is 17.3. The molecule has 18 heteroatoms. The minimum absolute atomic E-state index is 0.0444. The van der Waals surface area contributed by atoms with Crippen LogP contribution in [0.5, 0.6) is 5.88 Å². The van der Waals surface area contributed by atoms with E-state index in [1.54, 1.807) is 76.2 Å². The number of carbonyl (C=O) groups is 2. The van der Waals surface area contributed by atoms with E-state index in [0.29, 0.717) is 0 Å². The highest BCUT2D eigenvalue weighted by Crippen LogP contribution is 2.44. The summed E-state index contributed by atoms with van der Waals surface area (Å²) in [7, 11) is -3.12. The number of hydrogen-bond acceptors (Lipinski definition) is 14. The van der Waals surface area contributed by atoms with Crippen molar-refractivity contribution in [2.75, 3.05) is 19.5 Å². The van der Waals surface area contributed by atoms with Crippen LogP contribution in [0.1, 0.15) is 52.0 Å². The van der Waals surface area contributed by atoms with E-state index in [9.17, 15) is 19.8 Å². The average Bonchev–Trinajstić information content (AvgIpc) is 3.63. The molecular weight excluding hydrogens is 721 g/mol. The second-order valence-electron chi connectivity index (χ2n) is 13.7. The van der Waals surface area contributed by atoms with E-state index in [-0.39, 0.29) is 35.8 Å². The lowest BCUT2D eigenvalue weighted by molar-refractivity contribution is -0.150. The predicted octanol–water partition coefficient (Wildman–Crippen LogP) is 2.86. The largest absolute Gasteiger partial charge is 0.479 e. The molecule has 0 aliphatic carbocycles. The van der Waals surface area contributed by atoms with Gasteiger partial charge in [0.15, 0.2) is 17.4 Å². The number of carbonyl (C=O) groups excluding carboxylic acids is 2. The minimum Gasteiger partial charge on any atom is -0.479 e. The molecule has 0 bridgehead atoms. The number of aliphatic hydroxyl groups excluding tert-OH is 1. The Hall–Kier alpha value is -4.48. The molecule has 6 atom stereocenters. The molecule has 6 N–H and O–H groups in total. The maximum Gasteiger partial charge on any atom is 0.342 e. The van der Waals surface area contributed by atoms with Crippen LogP contribution in [0.25, 0.3) is 11.2 Å². The topological polar surface area (TPSA) is 231 Å². The van der Waals surface area contributed by atoms with E-state index in [4.69, 9.17) is 29.2 Å². The molecule has 1 aliphatic heterocycles. The van der Waals surface area contributed by atoms with Gasteiger partial charge in [-0.1, -0.05) is 60.7 Å². The smallest absolute Gasteiger partial charge is 0.342 e. The number of aromatic nitrogens is 4. The highest BCUT2D eigenvalue weighted by Gasteiger charge is 2.54. The molecule has 0 spiro atoms. The molecule has 292 valence electrons. The Labute approximate surface area is 313 Å². The normalized spacial score (nSPS) is 22.2. The van der Waals surface area contributed by atoms with Crippen molar-refractivity contribution < 1.29 is 47.8 Å². The number of ether oxygens (including phenoxy) is 4. The van der Waals surface area contributed by atoms with Crippen molar-refractivity contribution in [2.45, 2.75) is 95.8 Å². The fraction of sp³-hybridized carbons (Fsp3) is 0.472. The summed E-state index contributed by atoms with van der Waals surface area (Å²) in [5.74, 6) is -1.46. The van der Waals surface area contributed by atoms with Gasteiger partial charge in [0.25, 0.3) is 0 Å². The lowest BCUT2D eigenvalue weighted by atomic mass is 9.96. The molecular formula is C36H48N7O10P. The summed E-state index contributed by atoms with van der Waals surface area (Å²) in [6, 6.07) is 15.6. The zero-order valence-electron chi connectivity index (χ0n) is 31.0. The summed E-state index contributed by atoms with van der Waals surface area (Å²) >= 11 is 0. The van der Waals surface area contributed by atoms with Gasteiger partial charge in [0.05, 0.1) is 32.3 Å². The zero-order valence-corrected chi connectivity index (χ0v) is 31.9. The maximum absolute atomic E-state index is 15.1. The molecule has 4 aromatic rings. The van der Waals surface area contributed by atoms with Gasteiger partial charge in [-0.25, -0.2) is 15.2 Å². The molecule has 0 radical (unpaired) electrons. The number of aliphatic hydroxyl groups is 2. The predicted molar refractivity (Wildman–Crippen MR) is 197 cm³/mol. The van der Waals surface area contributed by atoms with Gasteiger partial charge in [0.1, 0.15) is 29.9 Å². The van der Waals surface area contributed by atoms with Crippen LogP contribution < -0.4 is 20.6 Å². The molecule has 1 aliphatic rings. The SMILES string of the molecule is COc1nc(N)nc2c1ncn2[C@@H]1O[C@H](COP(=O)(NC(Cc2ccccc2)C(=O)OC(C)C)NC(Cc2ccccc2)C(=O)OC(C)C)C(O)[C@]1(C)O. The number of nitrogens with one attached hydrogen (secondary N) is 2. The first kappa shape index (κ1) is 40.7. The molecule has 0 amide bonds. The fourth-order valence-corrected chi connectivity index (χ4v) is 7.79. The summed E-state index contributed by atoms with van der Waals surface area (Å²) < 4.78 is 45.0. The van der Waals surface area contributed by atoms with Crippen LogP contribution in [0.3, 0.4) is 0 Å². The van der Waals surface area contributed by atoms with E-state index in [1.165, 1.54) is 24.9 Å². The standard InChI is InChI=1S/C36H48N7O10P/c1-21(2)51-32(45)25(17-23-13-9-7-10-14-23)41-54(48,42-26(33(46)52-22(3)4)18-24-15-11-8-12-16-24)50-19-27-29(44)36(5,47)34(53-27)43-20-38-28-30(43)39-35(37)40-31(28)49-6/h7-16,20-22,25-27,29,34,44,47H,17-19H2,1-6H3,(H2,37,39,40)(H2,41,42,48)/t25?,26?,27-,29?,34-,36+,54?/m1/s1. The van der Waals surface area contributed by atoms with Gasteiger partial charge in [-0.05, 0) is 58.6 Å². The Kier molecular flexibility index (Phi) is 13.1. The molecule has 0 saturated carbocycles. The van der Waals surface area contributed by atoms with Crippen LogP contribution in [0.2, 0.25) is 0 Å². The van der Waals surface area contributed by atoms with Crippen LogP contribution >= 0.6 is 7.67 Å². The van der Waals surface area contributed by atoms with Crippen molar-refractivity contribution in [3.63, 3.8) is 0 Å². The number of fused-ring (bicyclic) bond motifs is 1. The van der Waals surface area contributed by atoms with Gasteiger partial charge in [0.2, 0.25) is 11.8 Å². The Morgan fingerprint density at radius 1 is 0.944 bits per heavy atom. The van der Waals surface area contributed by atoms with Gasteiger partial charge in [-0.3, -0.25) is 18.7 Å². The lowest BCUT2D eigenvalue weighted by Crippen LogP contribution is -2.48. The molecule has 1 fully saturated rings. The number of methoxy groups -OCH3 is 1. The first-order valence-electron chi connectivity index (χ1n) is 17.5. The highest BCUT2D eigenvalue weighted by atomic mass is 31.2. The van der Waals surface area contributed by atoms with Crippen molar-refractivity contribution in [3.8, 4) is 5.88 Å². The fourth-order valence-electron chi connectivity index (χ4n) is 5.99. The number of nitrogens with two attached hydrogens (primary N) is 1. The lowest BCUT2D eigenvalue weighted by Gasteiger charge is -2.30. The number of esters is 2. The van der Waals surface area contributed by atoms with Gasteiger partial charge in [-0.2, -0.15) is 9.97 Å². The number of imidazole rings is 1. The van der Waals surface area contributed by atoms with Crippen LogP contribution in [0.15, 0.2) is 67.0 Å². The van der Waals surface area contributed by atoms with Crippen molar-refractivity contribution in [3.05, 3.63) is 78.1 Å². The van der Waals surface area contributed by atoms with E-state index in [0.717, 1.165) is 11.1 Å². The Bertz CT molecular complexity index is 1860. The van der Waals surface area contributed by atoms with Crippen molar-refractivity contribution in [1.29, 1.82) is 0 Å². The first-order chi connectivity index (χ1) is 25.6. The number of nitrogen functional groups attached to an aromatic ring is 1. The number of hydrogen-bond donors (Lipinski definition) is 5. The summed E-state index contributed by atoms with van der Waals surface area (Å²) in [6.07, 6.45) is -3.78. The van der Waals surface area contributed by atoms with Crippen LogP contribution in [-0.4, -0.2) is 97.5 Å². The van der Waals surface area contributed by atoms with Crippen molar-refractivity contribution >= 4 is 36.7 Å². The third-order valence-corrected chi connectivity index (χ3v) is 10.3.